The van der Waals surface area contributed by atoms with E-state index in [2.05, 4.69) is 10.6 Å². The van der Waals surface area contributed by atoms with Crippen LogP contribution in [-0.2, 0) is 16.0 Å². The molecule has 0 bridgehead atoms. The second-order valence-corrected chi connectivity index (χ2v) is 5.76. The first-order valence-electron chi connectivity index (χ1n) is 7.82. The molecule has 130 valence electrons. The summed E-state index contributed by atoms with van der Waals surface area (Å²) in [5, 5.41) is 14.5. The molecule has 0 aromatic heterocycles. The first kappa shape index (κ1) is 18.2. The van der Waals surface area contributed by atoms with Crippen molar-refractivity contribution in [2.75, 3.05) is 5.32 Å². The number of amides is 2. The third kappa shape index (κ3) is 5.17. The van der Waals surface area contributed by atoms with Crippen LogP contribution in [0.25, 0.3) is 0 Å². The van der Waals surface area contributed by atoms with Crippen molar-refractivity contribution in [3.05, 3.63) is 65.2 Å². The Morgan fingerprint density at radius 2 is 1.80 bits per heavy atom. The van der Waals surface area contributed by atoms with E-state index in [1.165, 1.54) is 13.0 Å². The Bertz CT molecular complexity index is 802. The lowest BCUT2D eigenvalue weighted by Gasteiger charge is -2.16. The summed E-state index contributed by atoms with van der Waals surface area (Å²) in [5.74, 6) is -1.86. The molecule has 25 heavy (non-hydrogen) atoms. The van der Waals surface area contributed by atoms with Crippen molar-refractivity contribution in [1.29, 1.82) is 0 Å². The van der Waals surface area contributed by atoms with Gasteiger partial charge in [0.2, 0.25) is 5.91 Å². The predicted molar refractivity (Wildman–Crippen MR) is 94.5 cm³/mol. The summed E-state index contributed by atoms with van der Waals surface area (Å²) in [6.45, 7) is 3.27. The Morgan fingerprint density at radius 1 is 1.08 bits per heavy atom. The predicted octanol–water partition coefficient (Wildman–Crippen LogP) is 2.38. The minimum absolute atomic E-state index is 0.194. The van der Waals surface area contributed by atoms with Crippen LogP contribution >= 0.6 is 0 Å². The number of carboxylic acids is 1. The molecule has 3 N–H and O–H groups in total. The summed E-state index contributed by atoms with van der Waals surface area (Å²) < 4.78 is 0. The number of rotatable bonds is 6. The van der Waals surface area contributed by atoms with Crippen LogP contribution in [0.4, 0.5) is 5.69 Å². The van der Waals surface area contributed by atoms with E-state index in [0.29, 0.717) is 5.69 Å². The van der Waals surface area contributed by atoms with E-state index < -0.39 is 17.9 Å². The zero-order valence-electron chi connectivity index (χ0n) is 14.1. The van der Waals surface area contributed by atoms with Gasteiger partial charge in [0.15, 0.2) is 0 Å². The molecule has 0 saturated heterocycles. The van der Waals surface area contributed by atoms with E-state index in [9.17, 15) is 19.5 Å². The van der Waals surface area contributed by atoms with Crippen molar-refractivity contribution < 1.29 is 19.5 Å². The van der Waals surface area contributed by atoms with Crippen molar-refractivity contribution >= 4 is 23.5 Å². The number of carbonyl (C=O) groups excluding carboxylic acids is 2. The summed E-state index contributed by atoms with van der Waals surface area (Å²) in [6, 6.07) is 12.7. The average Bonchev–Trinajstić information content (AvgIpc) is 2.55. The Hall–Kier alpha value is -3.15. The molecule has 0 radical (unpaired) electrons. The number of aliphatic carboxylic acids is 1. The minimum atomic E-state index is -1.10. The van der Waals surface area contributed by atoms with Crippen LogP contribution in [-0.4, -0.2) is 28.9 Å². The van der Waals surface area contributed by atoms with Crippen molar-refractivity contribution in [3.63, 3.8) is 0 Å². The number of carbonyl (C=O) groups is 3. The van der Waals surface area contributed by atoms with Crippen LogP contribution in [0, 0.1) is 6.92 Å². The van der Waals surface area contributed by atoms with Gasteiger partial charge < -0.3 is 15.7 Å². The standard InChI is InChI=1S/C19H20N2O4/c1-12-6-3-4-7-14(12)11-17(19(24)25)21-18(23)15-8-5-9-16(10-15)20-13(2)22/h3-10,17H,11H2,1-2H3,(H,20,22)(H,21,23)(H,24,25)/t17-/m0/s1. The van der Waals surface area contributed by atoms with E-state index in [1.54, 1.807) is 18.2 Å². The summed E-state index contributed by atoms with van der Waals surface area (Å²) in [4.78, 5) is 35.0. The highest BCUT2D eigenvalue weighted by atomic mass is 16.4. The molecule has 2 aromatic carbocycles. The third-order valence-corrected chi connectivity index (χ3v) is 3.73. The van der Waals surface area contributed by atoms with Gasteiger partial charge in [-0.05, 0) is 36.2 Å². The van der Waals surface area contributed by atoms with Gasteiger partial charge >= 0.3 is 5.97 Å². The maximum Gasteiger partial charge on any atom is 0.326 e. The number of hydrogen-bond acceptors (Lipinski definition) is 3. The normalized spacial score (nSPS) is 11.4. The third-order valence-electron chi connectivity index (χ3n) is 3.73. The number of anilines is 1. The SMILES string of the molecule is CC(=O)Nc1cccc(C(=O)N[C@@H](Cc2ccccc2C)C(=O)O)c1. The topological polar surface area (TPSA) is 95.5 Å². The molecule has 2 aromatic rings. The van der Waals surface area contributed by atoms with Crippen molar-refractivity contribution in [2.45, 2.75) is 26.3 Å². The molecule has 0 unspecified atom stereocenters. The van der Waals surface area contributed by atoms with Gasteiger partial charge in [-0.25, -0.2) is 4.79 Å². The van der Waals surface area contributed by atoms with Gasteiger partial charge in [0, 0.05) is 24.6 Å². The fourth-order valence-corrected chi connectivity index (χ4v) is 2.44. The highest BCUT2D eigenvalue weighted by Crippen LogP contribution is 2.13. The van der Waals surface area contributed by atoms with E-state index in [0.717, 1.165) is 11.1 Å². The van der Waals surface area contributed by atoms with E-state index in [-0.39, 0.29) is 17.9 Å². The molecule has 1 atom stereocenters. The Balaban J connectivity index is 2.14. The summed E-state index contributed by atoms with van der Waals surface area (Å²) in [5.41, 5.74) is 2.59. The summed E-state index contributed by atoms with van der Waals surface area (Å²) in [7, 11) is 0. The quantitative estimate of drug-likeness (QED) is 0.752. The highest BCUT2D eigenvalue weighted by Gasteiger charge is 2.22. The zero-order chi connectivity index (χ0) is 18.4. The van der Waals surface area contributed by atoms with Gasteiger partial charge in [0.25, 0.3) is 5.91 Å². The lowest BCUT2D eigenvalue weighted by atomic mass is 10.0. The molecule has 6 nitrogen and oxygen atoms in total. The molecule has 0 spiro atoms. The number of hydrogen-bond donors (Lipinski definition) is 3. The lowest BCUT2D eigenvalue weighted by Crippen LogP contribution is -2.42. The average molecular weight is 340 g/mol. The van der Waals surface area contributed by atoms with Crippen LogP contribution in [0.1, 0.15) is 28.4 Å². The summed E-state index contributed by atoms with van der Waals surface area (Å²) in [6.07, 6.45) is 0.194. The number of nitrogens with one attached hydrogen (secondary N) is 2. The first-order chi connectivity index (χ1) is 11.9. The molecular weight excluding hydrogens is 320 g/mol. The van der Waals surface area contributed by atoms with Gasteiger partial charge in [-0.15, -0.1) is 0 Å². The van der Waals surface area contributed by atoms with Gasteiger partial charge in [0.05, 0.1) is 0 Å². The smallest absolute Gasteiger partial charge is 0.326 e. The summed E-state index contributed by atoms with van der Waals surface area (Å²) >= 11 is 0. The second kappa shape index (κ2) is 8.10. The molecule has 0 heterocycles. The Kier molecular flexibility index (Phi) is 5.89. The van der Waals surface area contributed by atoms with E-state index >= 15 is 0 Å². The Labute approximate surface area is 145 Å². The largest absolute Gasteiger partial charge is 0.480 e. The molecule has 6 heteroatoms. The molecule has 0 saturated carbocycles. The minimum Gasteiger partial charge on any atom is -0.480 e. The number of aryl methyl sites for hydroxylation is 1. The van der Waals surface area contributed by atoms with Crippen molar-refractivity contribution in [2.24, 2.45) is 0 Å². The molecule has 2 rings (SSSR count). The van der Waals surface area contributed by atoms with Crippen LogP contribution < -0.4 is 10.6 Å². The molecule has 2 amide bonds. The van der Waals surface area contributed by atoms with Gasteiger partial charge in [-0.3, -0.25) is 9.59 Å². The molecular formula is C19H20N2O4. The van der Waals surface area contributed by atoms with Crippen molar-refractivity contribution in [3.8, 4) is 0 Å². The number of carboxylic acid groups (broad SMARTS) is 1. The van der Waals surface area contributed by atoms with Crippen LogP contribution in [0.2, 0.25) is 0 Å². The Morgan fingerprint density at radius 3 is 2.44 bits per heavy atom. The van der Waals surface area contributed by atoms with E-state index in [1.807, 2.05) is 31.2 Å². The molecule has 0 aliphatic rings. The molecule has 0 aliphatic heterocycles. The number of benzene rings is 2. The van der Waals surface area contributed by atoms with Crippen LogP contribution in [0.3, 0.4) is 0 Å². The maximum absolute atomic E-state index is 12.4. The molecule has 0 fully saturated rings. The zero-order valence-corrected chi connectivity index (χ0v) is 14.1. The fraction of sp³-hybridized carbons (Fsp3) is 0.211. The van der Waals surface area contributed by atoms with Gasteiger partial charge in [0.1, 0.15) is 6.04 Å². The maximum atomic E-state index is 12.4. The van der Waals surface area contributed by atoms with Gasteiger partial charge in [-0.1, -0.05) is 30.3 Å². The fourth-order valence-electron chi connectivity index (χ4n) is 2.44. The lowest BCUT2D eigenvalue weighted by molar-refractivity contribution is -0.139. The van der Waals surface area contributed by atoms with Crippen LogP contribution in [0.5, 0.6) is 0 Å². The molecule has 0 aliphatic carbocycles. The van der Waals surface area contributed by atoms with E-state index in [4.69, 9.17) is 0 Å². The van der Waals surface area contributed by atoms with Crippen LogP contribution in [0.15, 0.2) is 48.5 Å². The second-order valence-electron chi connectivity index (χ2n) is 5.76. The monoisotopic (exact) mass is 340 g/mol. The highest BCUT2D eigenvalue weighted by molar-refractivity contribution is 5.98. The van der Waals surface area contributed by atoms with Gasteiger partial charge in [-0.2, -0.15) is 0 Å². The van der Waals surface area contributed by atoms with Crippen molar-refractivity contribution in [1.82, 2.24) is 5.32 Å². The first-order valence-corrected chi connectivity index (χ1v) is 7.82.